The van der Waals surface area contributed by atoms with Crippen LogP contribution in [-0.2, 0) is 7.05 Å². The number of rotatable bonds is 5. The second-order valence-electron chi connectivity index (χ2n) is 4.62. The third kappa shape index (κ3) is 4.14. The van der Waals surface area contributed by atoms with Crippen LogP contribution in [0.4, 0.5) is 25.1 Å². The van der Waals surface area contributed by atoms with Gasteiger partial charge in [0, 0.05) is 11.9 Å². The smallest absolute Gasteiger partial charge is 0.305 e. The molecule has 3 N–H and O–H groups in total. The molecule has 1 aromatic heterocycles. The second-order valence-corrected chi connectivity index (χ2v) is 5.66. The second kappa shape index (κ2) is 7.65. The lowest BCUT2D eigenvalue weighted by Crippen LogP contribution is -2.34. The number of anilines is 2. The van der Waals surface area contributed by atoms with Crippen molar-refractivity contribution in [2.24, 2.45) is 7.05 Å². The zero-order valence-corrected chi connectivity index (χ0v) is 13.6. The normalized spacial score (nSPS) is 10.3. The Morgan fingerprint density at radius 1 is 1.42 bits per heavy atom. The van der Waals surface area contributed by atoms with E-state index in [1.54, 1.807) is 26.1 Å². The highest BCUT2D eigenvalue weighted by atomic mass is 32.2. The van der Waals surface area contributed by atoms with E-state index in [0.717, 1.165) is 0 Å². The van der Waals surface area contributed by atoms with Crippen molar-refractivity contribution < 1.29 is 13.6 Å². The topological polar surface area (TPSA) is 94.8 Å². The van der Waals surface area contributed by atoms with Gasteiger partial charge in [0.25, 0.3) is 5.76 Å². The van der Waals surface area contributed by atoms with Crippen LogP contribution in [0.3, 0.4) is 0 Å². The van der Waals surface area contributed by atoms with Crippen LogP contribution in [0.2, 0.25) is 0 Å². The molecular formula is C14H14F2N6OS. The Morgan fingerprint density at radius 3 is 2.79 bits per heavy atom. The van der Waals surface area contributed by atoms with Crippen molar-refractivity contribution in [3.05, 3.63) is 35.5 Å². The van der Waals surface area contributed by atoms with Crippen LogP contribution >= 0.6 is 11.8 Å². The maximum absolute atomic E-state index is 12.5. The number of aryl methyl sites for hydroxylation is 2. The highest BCUT2D eigenvalue weighted by Gasteiger charge is 2.14. The lowest BCUT2D eigenvalue weighted by molar-refractivity contribution is 0.251. The summed E-state index contributed by atoms with van der Waals surface area (Å²) >= 11 is 0.340. The average Bonchev–Trinajstić information content (AvgIpc) is 2.79. The van der Waals surface area contributed by atoms with Gasteiger partial charge in [-0.15, -0.1) is 0 Å². The summed E-state index contributed by atoms with van der Waals surface area (Å²) in [6.45, 7) is 1.67. The number of benzene rings is 1. The van der Waals surface area contributed by atoms with Gasteiger partial charge in [-0.1, -0.05) is 23.9 Å². The van der Waals surface area contributed by atoms with Gasteiger partial charge in [0.05, 0.1) is 11.4 Å². The molecule has 0 radical (unpaired) electrons. The van der Waals surface area contributed by atoms with E-state index in [2.05, 4.69) is 21.3 Å². The molecule has 0 saturated heterocycles. The largest absolute Gasteiger partial charge is 0.337 e. The van der Waals surface area contributed by atoms with Crippen molar-refractivity contribution in [2.45, 2.75) is 17.6 Å². The number of halogens is 2. The summed E-state index contributed by atoms with van der Waals surface area (Å²) in [6.07, 6.45) is 0. The van der Waals surface area contributed by atoms with Gasteiger partial charge in [0.1, 0.15) is 11.6 Å². The fourth-order valence-electron chi connectivity index (χ4n) is 1.97. The average molecular weight is 352 g/mol. The minimum atomic E-state index is -2.59. The molecule has 0 aliphatic heterocycles. The molecule has 0 aliphatic carbocycles. The molecule has 10 heteroatoms. The third-order valence-electron chi connectivity index (χ3n) is 2.98. The van der Waals surface area contributed by atoms with Crippen LogP contribution in [0.1, 0.15) is 11.3 Å². The van der Waals surface area contributed by atoms with E-state index in [0.29, 0.717) is 28.8 Å². The SMILES string of the molecule is Cc1nn(C)c(NNC(=O)Nc2ccccc2SC(F)F)c1C#N. The first-order valence-electron chi connectivity index (χ1n) is 6.73. The number of urea groups is 1. The number of thioether (sulfide) groups is 1. The van der Waals surface area contributed by atoms with Crippen molar-refractivity contribution >= 4 is 29.3 Å². The molecule has 2 amide bonds. The summed E-state index contributed by atoms with van der Waals surface area (Å²) in [4.78, 5) is 12.2. The summed E-state index contributed by atoms with van der Waals surface area (Å²) < 4.78 is 26.5. The summed E-state index contributed by atoms with van der Waals surface area (Å²) in [6, 6.07) is 7.54. The van der Waals surface area contributed by atoms with Crippen LogP contribution in [0, 0.1) is 18.3 Å². The van der Waals surface area contributed by atoms with Gasteiger partial charge in [0.15, 0.2) is 5.82 Å². The lowest BCUT2D eigenvalue weighted by Gasteiger charge is -2.12. The Kier molecular flexibility index (Phi) is 5.59. The molecule has 126 valence electrons. The van der Waals surface area contributed by atoms with Gasteiger partial charge in [-0.2, -0.15) is 19.1 Å². The van der Waals surface area contributed by atoms with Crippen molar-refractivity contribution in [2.75, 3.05) is 10.7 Å². The van der Waals surface area contributed by atoms with Crippen molar-refractivity contribution in [1.29, 1.82) is 5.26 Å². The van der Waals surface area contributed by atoms with E-state index in [9.17, 15) is 13.6 Å². The quantitative estimate of drug-likeness (QED) is 0.568. The predicted octanol–water partition coefficient (Wildman–Crippen LogP) is 3.06. The number of alkyl halides is 2. The summed E-state index contributed by atoms with van der Waals surface area (Å²) in [5.74, 6) is -2.27. The van der Waals surface area contributed by atoms with Crippen molar-refractivity contribution in [3.63, 3.8) is 0 Å². The van der Waals surface area contributed by atoms with Crippen molar-refractivity contribution in [1.82, 2.24) is 15.2 Å². The molecule has 0 bridgehead atoms. The van der Waals surface area contributed by atoms with E-state index < -0.39 is 11.8 Å². The zero-order valence-electron chi connectivity index (χ0n) is 12.8. The summed E-state index contributed by atoms with van der Waals surface area (Å²) in [5, 5.41) is 15.6. The highest BCUT2D eigenvalue weighted by Crippen LogP contribution is 2.31. The summed E-state index contributed by atoms with van der Waals surface area (Å²) in [5.41, 5.74) is 6.01. The number of nitriles is 1. The van der Waals surface area contributed by atoms with E-state index in [-0.39, 0.29) is 10.6 Å². The summed E-state index contributed by atoms with van der Waals surface area (Å²) in [7, 11) is 1.62. The number of hydrazine groups is 1. The van der Waals surface area contributed by atoms with Gasteiger partial charge in [-0.3, -0.25) is 15.5 Å². The minimum Gasteiger partial charge on any atom is -0.305 e. The molecule has 0 saturated carbocycles. The fraction of sp³-hybridized carbons (Fsp3) is 0.214. The number of nitrogens with one attached hydrogen (secondary N) is 3. The van der Waals surface area contributed by atoms with E-state index >= 15 is 0 Å². The molecule has 0 spiro atoms. The molecule has 1 aromatic carbocycles. The molecule has 0 aliphatic rings. The molecule has 0 unspecified atom stereocenters. The maximum atomic E-state index is 12.5. The minimum absolute atomic E-state index is 0.247. The first kappa shape index (κ1) is 17.6. The van der Waals surface area contributed by atoms with Crippen LogP contribution in [-0.4, -0.2) is 21.6 Å². The van der Waals surface area contributed by atoms with Gasteiger partial charge in [-0.05, 0) is 19.1 Å². The van der Waals surface area contributed by atoms with Gasteiger partial charge < -0.3 is 5.32 Å². The predicted molar refractivity (Wildman–Crippen MR) is 86.7 cm³/mol. The van der Waals surface area contributed by atoms with Crippen molar-refractivity contribution in [3.8, 4) is 6.07 Å². The van der Waals surface area contributed by atoms with Crippen LogP contribution in [0.5, 0.6) is 0 Å². The van der Waals surface area contributed by atoms with Gasteiger partial charge >= 0.3 is 6.03 Å². The fourth-order valence-corrected chi connectivity index (χ4v) is 2.57. The number of hydrogen-bond acceptors (Lipinski definition) is 5. The third-order valence-corrected chi connectivity index (χ3v) is 3.77. The Bertz CT molecular complexity index is 786. The number of hydrogen-bond donors (Lipinski definition) is 3. The molecule has 0 fully saturated rings. The molecule has 1 heterocycles. The van der Waals surface area contributed by atoms with Crippen LogP contribution in [0.15, 0.2) is 29.2 Å². The lowest BCUT2D eigenvalue weighted by atomic mass is 10.3. The van der Waals surface area contributed by atoms with E-state index in [1.807, 2.05) is 6.07 Å². The Morgan fingerprint density at radius 2 is 2.12 bits per heavy atom. The number of carbonyl (C=O) groups excluding carboxylic acids is 1. The molecule has 7 nitrogen and oxygen atoms in total. The van der Waals surface area contributed by atoms with Crippen LogP contribution in [0.25, 0.3) is 0 Å². The number of nitrogens with zero attached hydrogens (tertiary/aromatic N) is 3. The van der Waals surface area contributed by atoms with Gasteiger partial charge in [0.2, 0.25) is 0 Å². The molecule has 2 aromatic rings. The number of aromatic nitrogens is 2. The van der Waals surface area contributed by atoms with E-state index in [4.69, 9.17) is 5.26 Å². The monoisotopic (exact) mass is 352 g/mol. The highest BCUT2D eigenvalue weighted by molar-refractivity contribution is 7.99. The zero-order chi connectivity index (χ0) is 17.7. The first-order chi connectivity index (χ1) is 11.4. The number of para-hydroxylation sites is 1. The maximum Gasteiger partial charge on any atom is 0.337 e. The molecule has 2 rings (SSSR count). The Hall–Kier alpha value is -2.80. The van der Waals surface area contributed by atoms with Gasteiger partial charge in [-0.25, -0.2) is 4.79 Å². The first-order valence-corrected chi connectivity index (χ1v) is 7.61. The Balaban J connectivity index is 2.04. The molecule has 0 atom stereocenters. The number of carbonyl (C=O) groups is 1. The van der Waals surface area contributed by atoms with Crippen LogP contribution < -0.4 is 16.2 Å². The Labute approximate surface area is 141 Å². The van der Waals surface area contributed by atoms with E-state index in [1.165, 1.54) is 16.8 Å². The molecular weight excluding hydrogens is 338 g/mol. The number of amides is 2. The molecule has 24 heavy (non-hydrogen) atoms. The standard InChI is InChI=1S/C14H14F2N6OS/c1-8-9(7-17)12(22(2)21-8)19-20-14(23)18-10-5-3-4-6-11(10)24-13(15)16/h3-6,13,19H,1-2H3,(H2,18,20,23).